The van der Waals surface area contributed by atoms with Crippen LogP contribution in [0.5, 0.6) is 0 Å². The van der Waals surface area contributed by atoms with Crippen LogP contribution in [0.3, 0.4) is 0 Å². The molecule has 1 aliphatic carbocycles. The number of thioether (sulfide) groups is 1. The molecule has 3 rings (SSSR count). The molecule has 1 N–H and O–H groups in total. The highest BCUT2D eigenvalue weighted by molar-refractivity contribution is 8.00. The molecule has 1 aromatic rings. The Kier molecular flexibility index (Phi) is 4.16. The van der Waals surface area contributed by atoms with E-state index in [-0.39, 0.29) is 0 Å². The van der Waals surface area contributed by atoms with Crippen molar-refractivity contribution in [3.05, 3.63) is 23.2 Å². The first kappa shape index (κ1) is 14.5. The number of aryl methyl sites for hydroxylation is 1. The van der Waals surface area contributed by atoms with Crippen LogP contribution in [0.2, 0.25) is 0 Å². The second-order valence-corrected chi connectivity index (χ2v) is 8.57. The lowest BCUT2D eigenvalue weighted by Crippen LogP contribution is -2.42. The average molecular weight is 294 g/mol. The van der Waals surface area contributed by atoms with Crippen molar-refractivity contribution in [2.75, 3.05) is 18.8 Å². The molecule has 2 heterocycles. The SMILES string of the molecule is Cc1oc(CNC2CC2)cc1CN1CCSC(C)(C)C1. The van der Waals surface area contributed by atoms with E-state index in [0.29, 0.717) is 4.75 Å². The monoisotopic (exact) mass is 294 g/mol. The van der Waals surface area contributed by atoms with E-state index in [1.807, 2.05) is 0 Å². The van der Waals surface area contributed by atoms with Gasteiger partial charge in [-0.3, -0.25) is 4.90 Å². The normalized spacial score (nSPS) is 23.1. The second-order valence-electron chi connectivity index (χ2n) is 6.77. The van der Waals surface area contributed by atoms with Gasteiger partial charge < -0.3 is 9.73 Å². The third-order valence-electron chi connectivity index (χ3n) is 4.11. The van der Waals surface area contributed by atoms with Crippen LogP contribution in [0.1, 0.15) is 43.8 Å². The average Bonchev–Trinajstić information content (AvgIpc) is 3.12. The lowest BCUT2D eigenvalue weighted by atomic mass is 10.1. The van der Waals surface area contributed by atoms with Gasteiger partial charge in [-0.05, 0) is 39.7 Å². The van der Waals surface area contributed by atoms with Crippen LogP contribution in [0.25, 0.3) is 0 Å². The van der Waals surface area contributed by atoms with Crippen molar-refractivity contribution in [2.24, 2.45) is 0 Å². The Morgan fingerprint density at radius 2 is 2.25 bits per heavy atom. The Morgan fingerprint density at radius 1 is 1.45 bits per heavy atom. The number of hydrogen-bond donors (Lipinski definition) is 1. The Hall–Kier alpha value is -0.450. The number of nitrogens with zero attached hydrogens (tertiary/aromatic N) is 1. The molecule has 2 aliphatic rings. The van der Waals surface area contributed by atoms with Gasteiger partial charge >= 0.3 is 0 Å². The van der Waals surface area contributed by atoms with Gasteiger partial charge in [-0.15, -0.1) is 0 Å². The molecule has 112 valence electrons. The molecule has 3 nitrogen and oxygen atoms in total. The number of hydrogen-bond acceptors (Lipinski definition) is 4. The molecule has 0 radical (unpaired) electrons. The largest absolute Gasteiger partial charge is 0.465 e. The Balaban J connectivity index is 1.58. The molecule has 1 saturated heterocycles. The predicted octanol–water partition coefficient (Wildman–Crippen LogP) is 3.17. The van der Waals surface area contributed by atoms with Gasteiger partial charge in [0.2, 0.25) is 0 Å². The van der Waals surface area contributed by atoms with Gasteiger partial charge in [0.15, 0.2) is 0 Å². The fourth-order valence-electron chi connectivity index (χ4n) is 2.85. The fourth-order valence-corrected chi connectivity index (χ4v) is 4.03. The van der Waals surface area contributed by atoms with Gasteiger partial charge in [0.1, 0.15) is 11.5 Å². The van der Waals surface area contributed by atoms with Gasteiger partial charge in [0, 0.05) is 41.7 Å². The molecule has 0 bridgehead atoms. The van der Waals surface area contributed by atoms with Gasteiger partial charge in [0.05, 0.1) is 6.54 Å². The molecule has 1 aliphatic heterocycles. The summed E-state index contributed by atoms with van der Waals surface area (Å²) in [4.78, 5) is 2.56. The lowest BCUT2D eigenvalue weighted by molar-refractivity contribution is 0.251. The molecular weight excluding hydrogens is 268 g/mol. The van der Waals surface area contributed by atoms with Crippen molar-refractivity contribution in [1.82, 2.24) is 10.2 Å². The van der Waals surface area contributed by atoms with E-state index in [9.17, 15) is 0 Å². The molecule has 0 atom stereocenters. The van der Waals surface area contributed by atoms with E-state index in [4.69, 9.17) is 4.42 Å². The number of rotatable bonds is 5. The summed E-state index contributed by atoms with van der Waals surface area (Å²) in [5.74, 6) is 3.42. The zero-order valence-corrected chi connectivity index (χ0v) is 13.7. The summed E-state index contributed by atoms with van der Waals surface area (Å²) in [6, 6.07) is 2.99. The van der Waals surface area contributed by atoms with Crippen LogP contribution in [0, 0.1) is 6.92 Å². The second kappa shape index (κ2) is 5.74. The quantitative estimate of drug-likeness (QED) is 0.903. The Bertz CT molecular complexity index is 465. The number of nitrogens with one attached hydrogen (secondary N) is 1. The maximum Gasteiger partial charge on any atom is 0.118 e. The molecule has 1 saturated carbocycles. The van der Waals surface area contributed by atoms with E-state index in [0.717, 1.165) is 37.2 Å². The molecule has 2 fully saturated rings. The van der Waals surface area contributed by atoms with Crippen molar-refractivity contribution in [1.29, 1.82) is 0 Å². The summed E-state index contributed by atoms with van der Waals surface area (Å²) in [5.41, 5.74) is 1.36. The van der Waals surface area contributed by atoms with E-state index >= 15 is 0 Å². The zero-order valence-electron chi connectivity index (χ0n) is 12.9. The third-order valence-corrected chi connectivity index (χ3v) is 5.41. The topological polar surface area (TPSA) is 28.4 Å². The van der Waals surface area contributed by atoms with Crippen LogP contribution < -0.4 is 5.32 Å². The minimum atomic E-state index is 0.381. The molecular formula is C16H26N2OS. The highest BCUT2D eigenvalue weighted by Gasteiger charge is 2.27. The van der Waals surface area contributed by atoms with Crippen molar-refractivity contribution in [3.8, 4) is 0 Å². The molecule has 20 heavy (non-hydrogen) atoms. The van der Waals surface area contributed by atoms with Crippen LogP contribution in [-0.2, 0) is 13.1 Å². The smallest absolute Gasteiger partial charge is 0.118 e. The fraction of sp³-hybridized carbons (Fsp3) is 0.750. The van der Waals surface area contributed by atoms with Crippen molar-refractivity contribution < 1.29 is 4.42 Å². The third kappa shape index (κ3) is 3.80. The minimum Gasteiger partial charge on any atom is -0.465 e. The van der Waals surface area contributed by atoms with E-state index in [1.54, 1.807) is 0 Å². The van der Waals surface area contributed by atoms with Crippen molar-refractivity contribution in [2.45, 2.75) is 57.5 Å². The van der Waals surface area contributed by atoms with E-state index in [1.165, 1.54) is 30.7 Å². The first-order chi connectivity index (χ1) is 9.52. The van der Waals surface area contributed by atoms with Gasteiger partial charge in [-0.2, -0.15) is 11.8 Å². The van der Waals surface area contributed by atoms with Crippen LogP contribution in [0.4, 0.5) is 0 Å². The summed E-state index contributed by atoms with van der Waals surface area (Å²) >= 11 is 2.09. The Labute approximate surface area is 126 Å². The van der Waals surface area contributed by atoms with Gasteiger partial charge in [-0.25, -0.2) is 0 Å². The summed E-state index contributed by atoms with van der Waals surface area (Å²) in [6.45, 7) is 11.1. The Morgan fingerprint density at radius 3 is 2.95 bits per heavy atom. The molecule has 0 amide bonds. The van der Waals surface area contributed by atoms with E-state index < -0.39 is 0 Å². The predicted molar refractivity (Wildman–Crippen MR) is 85.1 cm³/mol. The maximum absolute atomic E-state index is 5.89. The first-order valence-electron chi connectivity index (χ1n) is 7.70. The molecule has 0 spiro atoms. The van der Waals surface area contributed by atoms with E-state index in [2.05, 4.69) is 48.8 Å². The van der Waals surface area contributed by atoms with Crippen LogP contribution in [-0.4, -0.2) is 34.5 Å². The van der Waals surface area contributed by atoms with Crippen molar-refractivity contribution >= 4 is 11.8 Å². The van der Waals surface area contributed by atoms with Gasteiger partial charge in [-0.1, -0.05) is 0 Å². The summed E-state index contributed by atoms with van der Waals surface area (Å²) in [5, 5.41) is 3.52. The summed E-state index contributed by atoms with van der Waals surface area (Å²) in [6.07, 6.45) is 2.65. The summed E-state index contributed by atoms with van der Waals surface area (Å²) < 4.78 is 6.27. The lowest BCUT2D eigenvalue weighted by Gasteiger charge is -2.37. The minimum absolute atomic E-state index is 0.381. The van der Waals surface area contributed by atoms with Crippen molar-refractivity contribution in [3.63, 3.8) is 0 Å². The van der Waals surface area contributed by atoms with Crippen LogP contribution >= 0.6 is 11.8 Å². The zero-order chi connectivity index (χ0) is 14.2. The standard InChI is InChI=1S/C16H26N2OS/c1-12-13(8-15(19-12)9-17-14-4-5-14)10-18-6-7-20-16(2,3)11-18/h8,14,17H,4-7,9-11H2,1-3H3. The molecule has 4 heteroatoms. The molecule has 1 aromatic heterocycles. The molecule has 0 unspecified atom stereocenters. The van der Waals surface area contributed by atoms with Crippen LogP contribution in [0.15, 0.2) is 10.5 Å². The first-order valence-corrected chi connectivity index (χ1v) is 8.68. The highest BCUT2D eigenvalue weighted by Crippen LogP contribution is 2.30. The highest BCUT2D eigenvalue weighted by atomic mass is 32.2. The molecule has 0 aromatic carbocycles. The number of furan rings is 1. The summed E-state index contributed by atoms with van der Waals surface area (Å²) in [7, 11) is 0. The van der Waals surface area contributed by atoms with Gasteiger partial charge in [0.25, 0.3) is 0 Å². The maximum atomic E-state index is 5.89.